The number of nitrogens with zero attached hydrogens (tertiary/aromatic N) is 3. The Bertz CT molecular complexity index is 1500. The molecule has 0 bridgehead atoms. The molecule has 0 radical (unpaired) electrons. The van der Waals surface area contributed by atoms with Crippen LogP contribution in [0.2, 0.25) is 0 Å². The molecule has 0 saturated heterocycles. The maximum absolute atomic E-state index is 13.9. The predicted molar refractivity (Wildman–Crippen MR) is 121 cm³/mol. The number of imidazole rings is 1. The highest BCUT2D eigenvalue weighted by molar-refractivity contribution is 5.96. The predicted octanol–water partition coefficient (Wildman–Crippen LogP) is 4.39. The summed E-state index contributed by atoms with van der Waals surface area (Å²) in [6, 6.07) is 13.6. The summed E-state index contributed by atoms with van der Waals surface area (Å²) in [7, 11) is 0. The number of benzene rings is 2. The van der Waals surface area contributed by atoms with Gasteiger partial charge in [0.2, 0.25) is 0 Å². The van der Waals surface area contributed by atoms with Crippen LogP contribution >= 0.6 is 0 Å². The molecule has 2 aromatic carbocycles. The lowest BCUT2D eigenvalue weighted by Crippen LogP contribution is -2.20. The van der Waals surface area contributed by atoms with Gasteiger partial charge in [-0.2, -0.15) is 5.10 Å². The number of aromatic nitrogens is 5. The maximum atomic E-state index is 13.9. The molecule has 32 heavy (non-hydrogen) atoms. The van der Waals surface area contributed by atoms with Crippen LogP contribution in [0.25, 0.3) is 50.3 Å². The van der Waals surface area contributed by atoms with Gasteiger partial charge < -0.3 is 15.4 Å². The van der Waals surface area contributed by atoms with Crippen LogP contribution in [0.4, 0.5) is 4.39 Å². The van der Waals surface area contributed by atoms with E-state index in [1.165, 1.54) is 17.7 Å². The summed E-state index contributed by atoms with van der Waals surface area (Å²) in [4.78, 5) is 13.0. The van der Waals surface area contributed by atoms with Gasteiger partial charge in [-0.3, -0.25) is 5.10 Å². The lowest BCUT2D eigenvalue weighted by molar-refractivity contribution is 0.469. The van der Waals surface area contributed by atoms with E-state index < -0.39 is 5.82 Å². The van der Waals surface area contributed by atoms with Crippen molar-refractivity contribution in [2.75, 3.05) is 13.1 Å². The molecule has 5 aromatic rings. The Labute approximate surface area is 182 Å². The van der Waals surface area contributed by atoms with Gasteiger partial charge in [-0.1, -0.05) is 18.2 Å². The quantitative estimate of drug-likeness (QED) is 0.343. The Kier molecular flexibility index (Phi) is 4.26. The van der Waals surface area contributed by atoms with Crippen LogP contribution in [0.15, 0.2) is 54.6 Å². The number of phenols is 1. The Balaban J connectivity index is 1.49. The second kappa shape index (κ2) is 7.28. The number of nitrogens with one attached hydrogen (secondary N) is 3. The smallest absolute Gasteiger partial charge is 0.161 e. The van der Waals surface area contributed by atoms with Gasteiger partial charge in [0.05, 0.1) is 22.2 Å². The van der Waals surface area contributed by atoms with Gasteiger partial charge in [-0.25, -0.2) is 14.4 Å². The number of fused-ring (bicyclic) bond motifs is 2. The molecule has 4 heterocycles. The Morgan fingerprint density at radius 1 is 0.969 bits per heavy atom. The average Bonchev–Trinajstić information content (AvgIpc) is 3.42. The van der Waals surface area contributed by atoms with Crippen molar-refractivity contribution in [3.8, 4) is 28.4 Å². The number of halogens is 1. The summed E-state index contributed by atoms with van der Waals surface area (Å²) in [5.41, 5.74) is 7.07. The average molecular weight is 426 g/mol. The number of H-pyrrole nitrogens is 2. The minimum absolute atomic E-state index is 0.130. The molecule has 3 aromatic heterocycles. The van der Waals surface area contributed by atoms with E-state index in [0.717, 1.165) is 47.8 Å². The first kappa shape index (κ1) is 18.7. The zero-order valence-corrected chi connectivity index (χ0v) is 17.0. The van der Waals surface area contributed by atoms with Gasteiger partial charge in [0.15, 0.2) is 11.5 Å². The summed E-state index contributed by atoms with van der Waals surface area (Å²) in [5, 5.41) is 20.7. The number of aromatic amines is 2. The second-order valence-electron chi connectivity index (χ2n) is 7.83. The molecular weight excluding hydrogens is 407 g/mol. The minimum atomic E-state index is -0.505. The van der Waals surface area contributed by atoms with Crippen molar-refractivity contribution in [2.24, 2.45) is 0 Å². The lowest BCUT2D eigenvalue weighted by atomic mass is 10.0. The van der Waals surface area contributed by atoms with Crippen molar-refractivity contribution in [3.05, 3.63) is 66.1 Å². The minimum Gasteiger partial charge on any atom is -0.508 e. The molecule has 8 heteroatoms. The van der Waals surface area contributed by atoms with Crippen LogP contribution in [0, 0.1) is 5.82 Å². The van der Waals surface area contributed by atoms with Gasteiger partial charge in [-0.05, 0) is 54.4 Å². The van der Waals surface area contributed by atoms with Crippen LogP contribution in [0.1, 0.15) is 12.1 Å². The van der Waals surface area contributed by atoms with Crippen molar-refractivity contribution in [1.29, 1.82) is 0 Å². The van der Waals surface area contributed by atoms with Crippen molar-refractivity contribution in [2.45, 2.75) is 6.42 Å². The molecule has 0 aliphatic carbocycles. The zero-order valence-electron chi connectivity index (χ0n) is 17.0. The molecule has 1 aliphatic heterocycles. The first-order valence-corrected chi connectivity index (χ1v) is 10.4. The van der Waals surface area contributed by atoms with Crippen molar-refractivity contribution in [1.82, 2.24) is 30.5 Å². The van der Waals surface area contributed by atoms with Gasteiger partial charge >= 0.3 is 0 Å². The summed E-state index contributed by atoms with van der Waals surface area (Å²) < 4.78 is 13.9. The number of phenolic OH excluding ortho intramolecular Hbond substituents is 1. The van der Waals surface area contributed by atoms with Crippen LogP contribution in [0.5, 0.6) is 5.75 Å². The molecule has 4 N–H and O–H groups in total. The third-order valence-corrected chi connectivity index (χ3v) is 5.73. The van der Waals surface area contributed by atoms with Crippen LogP contribution in [-0.2, 0) is 0 Å². The molecular formula is C24H19FN6O. The molecule has 0 spiro atoms. The highest BCUT2D eigenvalue weighted by atomic mass is 19.1. The summed E-state index contributed by atoms with van der Waals surface area (Å²) in [6.07, 6.45) is 3.10. The number of hydrogen-bond donors (Lipinski definition) is 4. The summed E-state index contributed by atoms with van der Waals surface area (Å²) in [6.45, 7) is 1.78. The van der Waals surface area contributed by atoms with Crippen LogP contribution < -0.4 is 5.32 Å². The highest BCUT2D eigenvalue weighted by Crippen LogP contribution is 2.33. The van der Waals surface area contributed by atoms with Crippen molar-refractivity contribution < 1.29 is 9.50 Å². The molecule has 6 rings (SSSR count). The third kappa shape index (κ3) is 3.12. The number of aromatic hydroxyl groups is 1. The molecule has 0 unspecified atom stereocenters. The summed E-state index contributed by atoms with van der Waals surface area (Å²) >= 11 is 0. The summed E-state index contributed by atoms with van der Waals surface area (Å²) in [5.74, 6) is -0.0618. The van der Waals surface area contributed by atoms with Gasteiger partial charge in [0.25, 0.3) is 0 Å². The molecule has 158 valence electrons. The van der Waals surface area contributed by atoms with Gasteiger partial charge in [-0.15, -0.1) is 0 Å². The number of pyridine rings is 1. The highest BCUT2D eigenvalue weighted by Gasteiger charge is 2.18. The molecule has 7 nitrogen and oxygen atoms in total. The molecule has 0 amide bonds. The largest absolute Gasteiger partial charge is 0.508 e. The first-order valence-electron chi connectivity index (χ1n) is 10.4. The molecule has 1 aliphatic rings. The van der Waals surface area contributed by atoms with E-state index in [-0.39, 0.29) is 5.75 Å². The molecule has 0 fully saturated rings. The fraction of sp³-hybridized carbons (Fsp3) is 0.125. The SMILES string of the molecule is Oc1cc(F)cc(-c2cccc3[nH]c(-c4n[nH]c5ccc(C6=CCNCC6)nc45)nc23)c1. The van der Waals surface area contributed by atoms with Gasteiger partial charge in [0.1, 0.15) is 17.1 Å². The van der Waals surface area contributed by atoms with E-state index in [1.54, 1.807) is 0 Å². The van der Waals surface area contributed by atoms with E-state index in [2.05, 4.69) is 26.6 Å². The fourth-order valence-electron chi connectivity index (χ4n) is 4.20. The van der Waals surface area contributed by atoms with Crippen molar-refractivity contribution in [3.63, 3.8) is 0 Å². The van der Waals surface area contributed by atoms with Crippen LogP contribution in [0.3, 0.4) is 0 Å². The standard InChI is InChI=1S/C24H19FN6O/c25-15-10-14(11-16(32)12-15)17-2-1-3-19-21(17)29-24(28-19)23-22-20(30-31-23)5-4-18(27-22)13-6-8-26-9-7-13/h1-6,10-12,26,32H,7-9H2,(H,28,29)(H,30,31). The maximum Gasteiger partial charge on any atom is 0.161 e. The number of rotatable bonds is 3. The molecule has 0 atom stereocenters. The Morgan fingerprint density at radius 3 is 2.75 bits per heavy atom. The van der Waals surface area contributed by atoms with E-state index in [9.17, 15) is 9.50 Å². The monoisotopic (exact) mass is 426 g/mol. The topological polar surface area (TPSA) is 103 Å². The van der Waals surface area contributed by atoms with Crippen LogP contribution in [-0.4, -0.2) is 43.3 Å². The lowest BCUT2D eigenvalue weighted by Gasteiger charge is -2.13. The van der Waals surface area contributed by atoms with E-state index >= 15 is 0 Å². The number of hydrogen-bond acceptors (Lipinski definition) is 5. The van der Waals surface area contributed by atoms with Gasteiger partial charge in [0, 0.05) is 18.2 Å². The van der Waals surface area contributed by atoms with E-state index in [0.29, 0.717) is 28.2 Å². The normalized spacial score (nSPS) is 14.2. The van der Waals surface area contributed by atoms with Crippen molar-refractivity contribution >= 4 is 27.6 Å². The fourth-order valence-corrected chi connectivity index (χ4v) is 4.20. The van der Waals surface area contributed by atoms with E-state index in [4.69, 9.17) is 9.97 Å². The third-order valence-electron chi connectivity index (χ3n) is 5.73. The Hall–Kier alpha value is -4.04. The van der Waals surface area contributed by atoms with E-state index in [1.807, 2.05) is 30.3 Å². The number of para-hydroxylation sites is 1. The molecule has 0 saturated carbocycles. The Morgan fingerprint density at radius 2 is 1.91 bits per heavy atom. The second-order valence-corrected chi connectivity index (χ2v) is 7.83. The first-order chi connectivity index (χ1) is 15.7. The zero-order chi connectivity index (χ0) is 21.7.